The maximum Gasteiger partial charge on any atom is 0.420 e. The minimum absolute atomic E-state index is 0.103. The Morgan fingerprint density at radius 3 is 2.20 bits per heavy atom. The Morgan fingerprint density at radius 1 is 1.00 bits per heavy atom. The molecule has 0 heterocycles. The monoisotopic (exact) mass is 281 g/mol. The summed E-state index contributed by atoms with van der Waals surface area (Å²) in [6, 6.07) is 10.4. The van der Waals surface area contributed by atoms with E-state index in [-0.39, 0.29) is 5.75 Å². The number of carboxylic acids is 1. The molecule has 0 bridgehead atoms. The Kier molecular flexibility index (Phi) is 3.65. The molecule has 104 valence electrons. The van der Waals surface area contributed by atoms with Crippen molar-refractivity contribution < 1.29 is 27.8 Å². The van der Waals surface area contributed by atoms with Gasteiger partial charge in [0.1, 0.15) is 11.5 Å². The number of carbonyl (C=O) groups excluding carboxylic acids is 1. The van der Waals surface area contributed by atoms with Crippen molar-refractivity contribution in [2.45, 2.75) is 6.18 Å². The van der Waals surface area contributed by atoms with Crippen LogP contribution in [0.3, 0.4) is 0 Å². The summed E-state index contributed by atoms with van der Waals surface area (Å²) in [6.45, 7) is 0. The van der Waals surface area contributed by atoms with Crippen LogP contribution in [0.2, 0.25) is 0 Å². The van der Waals surface area contributed by atoms with E-state index in [4.69, 9.17) is 4.74 Å². The molecule has 2 aromatic carbocycles. The van der Waals surface area contributed by atoms with E-state index in [0.717, 1.165) is 18.2 Å². The van der Waals surface area contributed by atoms with Gasteiger partial charge in [-0.15, -0.1) is 0 Å². The highest BCUT2D eigenvalue weighted by Crippen LogP contribution is 2.39. The average molecular weight is 281 g/mol. The Bertz CT molecular complexity index is 621. The molecule has 0 unspecified atom stereocenters. The normalized spacial score (nSPS) is 11.2. The highest BCUT2D eigenvalue weighted by molar-refractivity contribution is 5.90. The van der Waals surface area contributed by atoms with Gasteiger partial charge >= 0.3 is 6.18 Å². The van der Waals surface area contributed by atoms with Crippen LogP contribution < -0.4 is 9.84 Å². The first-order valence-corrected chi connectivity index (χ1v) is 5.54. The van der Waals surface area contributed by atoms with Gasteiger partial charge in [-0.3, -0.25) is 0 Å². The Balaban J connectivity index is 2.56. The van der Waals surface area contributed by atoms with E-state index >= 15 is 0 Å². The zero-order valence-electron chi connectivity index (χ0n) is 9.98. The van der Waals surface area contributed by atoms with Gasteiger partial charge in [-0.1, -0.05) is 24.3 Å². The smallest absolute Gasteiger partial charge is 0.420 e. The van der Waals surface area contributed by atoms with Crippen LogP contribution in [0.25, 0.3) is 0 Å². The lowest BCUT2D eigenvalue weighted by atomic mass is 10.1. The summed E-state index contributed by atoms with van der Waals surface area (Å²) in [7, 11) is 0. The van der Waals surface area contributed by atoms with Gasteiger partial charge in [-0.05, 0) is 24.3 Å². The molecule has 0 radical (unpaired) electrons. The number of benzene rings is 2. The maximum absolute atomic E-state index is 12.9. The predicted octanol–water partition coefficient (Wildman–Crippen LogP) is 2.86. The molecule has 0 N–H and O–H groups in total. The zero-order valence-corrected chi connectivity index (χ0v) is 9.98. The molecule has 20 heavy (non-hydrogen) atoms. The van der Waals surface area contributed by atoms with Gasteiger partial charge in [0.05, 0.1) is 11.5 Å². The second-order valence-corrected chi connectivity index (χ2v) is 3.88. The molecule has 0 aliphatic heterocycles. The fourth-order valence-electron chi connectivity index (χ4n) is 1.64. The molecular weight excluding hydrogens is 273 g/mol. The Morgan fingerprint density at radius 2 is 1.65 bits per heavy atom. The molecule has 2 aromatic rings. The van der Waals surface area contributed by atoms with Crippen LogP contribution in [0.1, 0.15) is 15.9 Å². The minimum Gasteiger partial charge on any atom is -0.545 e. The third-order valence-corrected chi connectivity index (χ3v) is 2.50. The molecule has 0 atom stereocenters. The van der Waals surface area contributed by atoms with Crippen LogP contribution in [0.4, 0.5) is 13.2 Å². The van der Waals surface area contributed by atoms with Crippen molar-refractivity contribution in [3.05, 3.63) is 59.7 Å². The number of carbonyl (C=O) groups is 1. The molecule has 0 amide bonds. The SMILES string of the molecule is O=C([O-])c1cccc(C(F)(F)F)c1Oc1ccccc1. The number of carboxylic acid groups (broad SMARTS) is 1. The topological polar surface area (TPSA) is 49.4 Å². The lowest BCUT2D eigenvalue weighted by Gasteiger charge is -2.17. The molecule has 0 spiro atoms. The van der Waals surface area contributed by atoms with E-state index in [0.29, 0.717) is 0 Å². The average Bonchev–Trinajstić information content (AvgIpc) is 2.38. The van der Waals surface area contributed by atoms with Crippen molar-refractivity contribution in [3.8, 4) is 11.5 Å². The highest BCUT2D eigenvalue weighted by Gasteiger charge is 2.35. The van der Waals surface area contributed by atoms with Crippen LogP contribution in [-0.2, 0) is 6.18 Å². The van der Waals surface area contributed by atoms with Gasteiger partial charge in [0, 0.05) is 5.56 Å². The molecule has 0 fully saturated rings. The molecule has 0 aliphatic carbocycles. The third-order valence-electron chi connectivity index (χ3n) is 2.50. The lowest BCUT2D eigenvalue weighted by Crippen LogP contribution is -2.24. The van der Waals surface area contributed by atoms with Crippen molar-refractivity contribution in [1.29, 1.82) is 0 Å². The number of ether oxygens (including phenoxy) is 1. The van der Waals surface area contributed by atoms with Crippen molar-refractivity contribution >= 4 is 5.97 Å². The molecule has 2 rings (SSSR count). The number of hydrogen-bond acceptors (Lipinski definition) is 3. The highest BCUT2D eigenvalue weighted by atomic mass is 19.4. The first-order valence-electron chi connectivity index (χ1n) is 5.54. The summed E-state index contributed by atoms with van der Waals surface area (Å²) in [5, 5.41) is 10.9. The molecule has 0 saturated heterocycles. The zero-order chi connectivity index (χ0) is 14.8. The van der Waals surface area contributed by atoms with E-state index in [1.54, 1.807) is 18.2 Å². The molecule has 3 nitrogen and oxygen atoms in total. The van der Waals surface area contributed by atoms with Crippen LogP contribution in [0.5, 0.6) is 11.5 Å². The molecular formula is C14H8F3O3-. The van der Waals surface area contributed by atoms with Crippen molar-refractivity contribution in [2.24, 2.45) is 0 Å². The van der Waals surface area contributed by atoms with Gasteiger partial charge in [0.25, 0.3) is 0 Å². The largest absolute Gasteiger partial charge is 0.545 e. The van der Waals surface area contributed by atoms with Crippen molar-refractivity contribution in [2.75, 3.05) is 0 Å². The third kappa shape index (κ3) is 2.90. The molecule has 0 saturated carbocycles. The lowest BCUT2D eigenvalue weighted by molar-refractivity contribution is -0.255. The molecule has 6 heteroatoms. The standard InChI is InChI=1S/C14H9F3O3/c15-14(16,17)11-8-4-7-10(13(18)19)12(11)20-9-5-2-1-3-6-9/h1-8H,(H,18,19)/p-1. The second kappa shape index (κ2) is 5.24. The summed E-state index contributed by atoms with van der Waals surface area (Å²) in [5.41, 5.74) is -1.81. The predicted molar refractivity (Wildman–Crippen MR) is 62.3 cm³/mol. The Hall–Kier alpha value is -2.50. The number of aromatic carboxylic acids is 1. The second-order valence-electron chi connectivity index (χ2n) is 3.88. The van der Waals surface area contributed by atoms with Crippen LogP contribution in [-0.4, -0.2) is 5.97 Å². The molecule has 0 aliphatic rings. The summed E-state index contributed by atoms with van der Waals surface area (Å²) in [5.74, 6) is -2.40. The van der Waals surface area contributed by atoms with Gasteiger partial charge in [-0.25, -0.2) is 0 Å². The van der Waals surface area contributed by atoms with Gasteiger partial charge in [0.2, 0.25) is 0 Å². The number of alkyl halides is 3. The molecule has 0 aromatic heterocycles. The first kappa shape index (κ1) is 13.9. The van der Waals surface area contributed by atoms with Crippen LogP contribution >= 0.6 is 0 Å². The van der Waals surface area contributed by atoms with E-state index < -0.39 is 29.0 Å². The summed E-state index contributed by atoms with van der Waals surface area (Å²) >= 11 is 0. The summed E-state index contributed by atoms with van der Waals surface area (Å²) < 4.78 is 43.8. The van der Waals surface area contributed by atoms with Crippen LogP contribution in [0.15, 0.2) is 48.5 Å². The van der Waals surface area contributed by atoms with Crippen LogP contribution in [0, 0.1) is 0 Å². The summed E-state index contributed by atoms with van der Waals surface area (Å²) in [4.78, 5) is 10.9. The number of hydrogen-bond donors (Lipinski definition) is 0. The fraction of sp³-hybridized carbons (Fsp3) is 0.0714. The maximum atomic E-state index is 12.9. The number of para-hydroxylation sites is 2. The number of rotatable bonds is 3. The van der Waals surface area contributed by atoms with Gasteiger partial charge in [0.15, 0.2) is 0 Å². The first-order chi connectivity index (χ1) is 9.39. The van der Waals surface area contributed by atoms with Gasteiger partial charge < -0.3 is 14.6 Å². The minimum atomic E-state index is -4.73. The van der Waals surface area contributed by atoms with Gasteiger partial charge in [-0.2, -0.15) is 13.2 Å². The number of halogens is 3. The van der Waals surface area contributed by atoms with E-state index in [2.05, 4.69) is 0 Å². The summed E-state index contributed by atoms with van der Waals surface area (Å²) in [6.07, 6.45) is -4.73. The van der Waals surface area contributed by atoms with E-state index in [1.807, 2.05) is 0 Å². The van der Waals surface area contributed by atoms with E-state index in [9.17, 15) is 23.1 Å². The van der Waals surface area contributed by atoms with E-state index in [1.165, 1.54) is 12.1 Å². The Labute approximate surface area is 112 Å². The fourth-order valence-corrected chi connectivity index (χ4v) is 1.64. The van der Waals surface area contributed by atoms with Crippen molar-refractivity contribution in [1.82, 2.24) is 0 Å². The quantitative estimate of drug-likeness (QED) is 0.869. The van der Waals surface area contributed by atoms with Crippen molar-refractivity contribution in [3.63, 3.8) is 0 Å².